The Bertz CT molecular complexity index is 867. The van der Waals surface area contributed by atoms with E-state index in [0.29, 0.717) is 23.6 Å². The van der Waals surface area contributed by atoms with Crippen molar-refractivity contribution in [1.29, 1.82) is 0 Å². The third-order valence-corrected chi connectivity index (χ3v) is 7.94. The Morgan fingerprint density at radius 2 is 1.76 bits per heavy atom. The molecule has 0 unspecified atom stereocenters. The number of hydrogen-bond acceptors (Lipinski definition) is 5. The van der Waals surface area contributed by atoms with Crippen molar-refractivity contribution in [2.45, 2.75) is 50.2 Å². The Hall–Kier alpha value is -2.02. The molecule has 4 saturated carbocycles. The predicted molar refractivity (Wildman–Crippen MR) is 112 cm³/mol. The lowest BCUT2D eigenvalue weighted by atomic mass is 9.54. The molecule has 1 aromatic heterocycles. The van der Waals surface area contributed by atoms with Crippen LogP contribution in [0.4, 0.5) is 0 Å². The summed E-state index contributed by atoms with van der Waals surface area (Å²) >= 11 is 1.45. The average Bonchev–Trinajstić information content (AvgIpc) is 3.09. The third-order valence-electron chi connectivity index (χ3n) is 7.01. The largest absolute Gasteiger partial charge is 0.497 e. The van der Waals surface area contributed by atoms with E-state index >= 15 is 0 Å². The summed E-state index contributed by atoms with van der Waals surface area (Å²) in [6.45, 7) is 1.93. The van der Waals surface area contributed by atoms with Gasteiger partial charge in [0.1, 0.15) is 11.6 Å². The first-order chi connectivity index (χ1) is 14.1. The topological polar surface area (TPSA) is 69.0 Å². The first kappa shape index (κ1) is 19.0. The molecule has 0 atom stereocenters. The summed E-state index contributed by atoms with van der Waals surface area (Å²) in [5.74, 6) is 5.35. The molecule has 6 nitrogen and oxygen atoms in total. The minimum atomic E-state index is 0.120. The van der Waals surface area contributed by atoms with E-state index in [0.717, 1.165) is 34.3 Å². The number of nitrogens with one attached hydrogen (secondary N) is 1. The van der Waals surface area contributed by atoms with Gasteiger partial charge < -0.3 is 10.1 Å². The van der Waals surface area contributed by atoms with E-state index in [1.54, 1.807) is 7.11 Å². The van der Waals surface area contributed by atoms with E-state index in [9.17, 15) is 4.79 Å². The Kier molecular flexibility index (Phi) is 5.02. The minimum absolute atomic E-state index is 0.120. The van der Waals surface area contributed by atoms with Gasteiger partial charge in [-0.3, -0.25) is 9.36 Å². The van der Waals surface area contributed by atoms with Crippen LogP contribution in [0.1, 0.15) is 37.9 Å². The lowest BCUT2D eigenvalue weighted by Crippen LogP contribution is -2.56. The monoisotopic (exact) mass is 412 g/mol. The minimum Gasteiger partial charge on any atom is -0.497 e. The highest BCUT2D eigenvalue weighted by atomic mass is 32.2. The number of aryl methyl sites for hydroxylation is 1. The standard InChI is InChI=1S/C22H28N4O2S/c1-13-24-25-22(26(13)18-3-5-19(28-2)6-4-18)29-12-20(27)23-21-16-8-14-7-15(10-16)11-17(21)9-14/h3-6,14-17,21H,7-12H2,1-2H3,(H,23,27). The number of rotatable bonds is 6. The van der Waals surface area contributed by atoms with Gasteiger partial charge in [-0.2, -0.15) is 0 Å². The molecule has 4 aliphatic carbocycles. The van der Waals surface area contributed by atoms with Crippen molar-refractivity contribution in [3.63, 3.8) is 0 Å². The first-order valence-corrected chi connectivity index (χ1v) is 11.6. The number of carbonyl (C=O) groups excluding carboxylic acids is 1. The SMILES string of the molecule is COc1ccc(-n2c(C)nnc2SCC(=O)NC2C3CC4CC(C3)CC2C4)cc1. The Morgan fingerprint density at radius 3 is 2.38 bits per heavy atom. The summed E-state index contributed by atoms with van der Waals surface area (Å²) in [5, 5.41) is 12.6. The van der Waals surface area contributed by atoms with Crippen LogP contribution in [0.15, 0.2) is 29.4 Å². The third kappa shape index (κ3) is 3.65. The van der Waals surface area contributed by atoms with Crippen molar-refractivity contribution in [1.82, 2.24) is 20.1 Å². The van der Waals surface area contributed by atoms with Crippen molar-refractivity contribution in [3.8, 4) is 11.4 Å². The Balaban J connectivity index is 1.23. The maximum Gasteiger partial charge on any atom is 0.230 e. The second-order valence-electron chi connectivity index (χ2n) is 8.88. The molecule has 29 heavy (non-hydrogen) atoms. The number of nitrogens with zero attached hydrogens (tertiary/aromatic N) is 3. The van der Waals surface area contributed by atoms with Crippen molar-refractivity contribution < 1.29 is 9.53 Å². The molecule has 4 fully saturated rings. The van der Waals surface area contributed by atoms with E-state index in [-0.39, 0.29) is 5.91 Å². The number of ether oxygens (including phenoxy) is 1. The van der Waals surface area contributed by atoms with Gasteiger partial charge in [-0.1, -0.05) is 11.8 Å². The van der Waals surface area contributed by atoms with Crippen molar-refractivity contribution in [2.24, 2.45) is 23.7 Å². The molecule has 4 bridgehead atoms. The van der Waals surface area contributed by atoms with Crippen LogP contribution >= 0.6 is 11.8 Å². The number of thioether (sulfide) groups is 1. The van der Waals surface area contributed by atoms with Crippen LogP contribution in [0.5, 0.6) is 5.75 Å². The summed E-state index contributed by atoms with van der Waals surface area (Å²) in [5.41, 5.74) is 0.970. The van der Waals surface area contributed by atoms with Gasteiger partial charge in [-0.15, -0.1) is 10.2 Å². The lowest BCUT2D eigenvalue weighted by molar-refractivity contribution is -0.122. The molecule has 0 saturated heterocycles. The molecule has 6 rings (SSSR count). The zero-order chi connectivity index (χ0) is 20.0. The molecule has 4 aliphatic rings. The van der Waals surface area contributed by atoms with E-state index in [4.69, 9.17) is 4.74 Å². The van der Waals surface area contributed by atoms with Gasteiger partial charge in [0.05, 0.1) is 12.9 Å². The molecule has 0 spiro atoms. The number of amides is 1. The molecule has 1 amide bonds. The summed E-state index contributed by atoms with van der Waals surface area (Å²) in [6, 6.07) is 8.18. The molecule has 1 aromatic carbocycles. The van der Waals surface area contributed by atoms with E-state index in [1.165, 1.54) is 43.9 Å². The smallest absolute Gasteiger partial charge is 0.230 e. The summed E-state index contributed by atoms with van der Waals surface area (Å²) in [6.07, 6.45) is 6.70. The molecule has 1 N–H and O–H groups in total. The Morgan fingerprint density at radius 1 is 1.10 bits per heavy atom. The molecule has 154 valence electrons. The van der Waals surface area contributed by atoms with Crippen LogP contribution in [0.3, 0.4) is 0 Å². The number of aromatic nitrogens is 3. The fourth-order valence-electron chi connectivity index (χ4n) is 5.98. The summed E-state index contributed by atoms with van der Waals surface area (Å²) < 4.78 is 7.23. The van der Waals surface area contributed by atoms with E-state index in [1.807, 2.05) is 35.8 Å². The summed E-state index contributed by atoms with van der Waals surface area (Å²) in [4.78, 5) is 12.7. The molecule has 0 aliphatic heterocycles. The highest BCUT2D eigenvalue weighted by Gasteiger charge is 2.48. The van der Waals surface area contributed by atoms with Crippen molar-refractivity contribution in [2.75, 3.05) is 12.9 Å². The van der Waals surface area contributed by atoms with Gasteiger partial charge in [0.15, 0.2) is 5.16 Å². The second-order valence-corrected chi connectivity index (χ2v) is 9.82. The number of hydrogen-bond donors (Lipinski definition) is 1. The van der Waals surface area contributed by atoms with Gasteiger partial charge in [-0.25, -0.2) is 0 Å². The quantitative estimate of drug-likeness (QED) is 0.734. The fourth-order valence-corrected chi connectivity index (χ4v) is 6.79. The average molecular weight is 413 g/mol. The molecule has 2 aromatic rings. The first-order valence-electron chi connectivity index (χ1n) is 10.6. The maximum absolute atomic E-state index is 12.7. The van der Waals surface area contributed by atoms with Crippen LogP contribution in [0, 0.1) is 30.6 Å². The van der Waals surface area contributed by atoms with Crippen LogP contribution < -0.4 is 10.1 Å². The Labute approximate surface area is 175 Å². The second kappa shape index (κ2) is 7.67. The molecular weight excluding hydrogens is 384 g/mol. The molecular formula is C22H28N4O2S. The van der Waals surface area contributed by atoms with E-state index < -0.39 is 0 Å². The fraction of sp³-hybridized carbons (Fsp3) is 0.591. The van der Waals surface area contributed by atoms with E-state index in [2.05, 4.69) is 15.5 Å². The highest BCUT2D eigenvalue weighted by molar-refractivity contribution is 7.99. The number of benzene rings is 1. The number of methoxy groups -OCH3 is 1. The lowest BCUT2D eigenvalue weighted by Gasteiger charge is -2.54. The van der Waals surface area contributed by atoms with Crippen molar-refractivity contribution in [3.05, 3.63) is 30.1 Å². The normalized spacial score (nSPS) is 29.8. The molecule has 1 heterocycles. The van der Waals surface area contributed by atoms with Crippen LogP contribution in [-0.2, 0) is 4.79 Å². The molecule has 7 heteroatoms. The maximum atomic E-state index is 12.7. The van der Waals surface area contributed by atoms with Gasteiger partial charge in [-0.05, 0) is 87.0 Å². The van der Waals surface area contributed by atoms with Gasteiger partial charge >= 0.3 is 0 Å². The van der Waals surface area contributed by atoms with Gasteiger partial charge in [0, 0.05) is 11.7 Å². The van der Waals surface area contributed by atoms with Gasteiger partial charge in [0.2, 0.25) is 5.91 Å². The zero-order valence-electron chi connectivity index (χ0n) is 17.0. The summed E-state index contributed by atoms with van der Waals surface area (Å²) in [7, 11) is 1.66. The number of carbonyl (C=O) groups is 1. The predicted octanol–water partition coefficient (Wildman–Crippen LogP) is 3.62. The zero-order valence-corrected chi connectivity index (χ0v) is 17.8. The van der Waals surface area contributed by atoms with Crippen LogP contribution in [0.25, 0.3) is 5.69 Å². The van der Waals surface area contributed by atoms with Crippen molar-refractivity contribution >= 4 is 17.7 Å². The highest BCUT2D eigenvalue weighted by Crippen LogP contribution is 2.53. The molecule has 0 radical (unpaired) electrons. The van der Waals surface area contributed by atoms with Crippen LogP contribution in [-0.4, -0.2) is 39.6 Å². The van der Waals surface area contributed by atoms with Gasteiger partial charge in [0.25, 0.3) is 0 Å². The van der Waals surface area contributed by atoms with Crippen LogP contribution in [0.2, 0.25) is 0 Å².